The standard InChI is InChI=1S/C28H28N2O4S/c1-29-18-23-22(16-25(29)20-12-6-3-7-13-20)28(21(17-26(23)31)19-10-4-2-5-11-19)35(34)27-15-9-8-14-24(27)30(32)33/h2-15,21-23,25,28H,16-18H2,1H3/t21?,22-,23+,25?,28?,35?/m0/s1. The van der Waals surface area contributed by atoms with E-state index < -0.39 is 21.0 Å². The van der Waals surface area contributed by atoms with Gasteiger partial charge >= 0.3 is 0 Å². The Hall–Kier alpha value is -3.16. The largest absolute Gasteiger partial charge is 0.299 e. The van der Waals surface area contributed by atoms with Crippen LogP contribution in [0.1, 0.15) is 35.9 Å². The highest BCUT2D eigenvalue weighted by atomic mass is 32.2. The second-order valence-electron chi connectivity index (χ2n) is 9.55. The Labute approximate surface area is 207 Å². The molecule has 7 heteroatoms. The smallest absolute Gasteiger partial charge is 0.285 e. The normalized spacial score (nSPS) is 27.7. The zero-order valence-electron chi connectivity index (χ0n) is 19.5. The van der Waals surface area contributed by atoms with Gasteiger partial charge in [0.2, 0.25) is 0 Å². The van der Waals surface area contributed by atoms with Crippen LogP contribution in [-0.2, 0) is 15.6 Å². The maximum atomic E-state index is 14.3. The summed E-state index contributed by atoms with van der Waals surface area (Å²) in [6, 6.07) is 26.3. The summed E-state index contributed by atoms with van der Waals surface area (Å²) < 4.78 is 14.3. The Morgan fingerprint density at radius 2 is 1.49 bits per heavy atom. The molecule has 6 atom stereocenters. The molecule has 0 N–H and O–H groups in total. The van der Waals surface area contributed by atoms with Crippen molar-refractivity contribution in [2.45, 2.75) is 34.9 Å². The van der Waals surface area contributed by atoms with Crippen LogP contribution < -0.4 is 0 Å². The van der Waals surface area contributed by atoms with Gasteiger partial charge in [0.25, 0.3) is 5.69 Å². The number of nitro benzene ring substituents is 1. The molecule has 2 fully saturated rings. The number of nitro groups is 1. The minimum atomic E-state index is -1.66. The second-order valence-corrected chi connectivity index (χ2v) is 11.1. The summed E-state index contributed by atoms with van der Waals surface area (Å²) in [4.78, 5) is 27.2. The van der Waals surface area contributed by atoms with Gasteiger partial charge in [-0.3, -0.25) is 24.0 Å². The van der Waals surface area contributed by atoms with Crippen molar-refractivity contribution >= 4 is 22.3 Å². The van der Waals surface area contributed by atoms with E-state index in [-0.39, 0.29) is 40.2 Å². The fourth-order valence-corrected chi connectivity index (χ4v) is 7.99. The van der Waals surface area contributed by atoms with Crippen molar-refractivity contribution in [3.63, 3.8) is 0 Å². The Bertz CT molecular complexity index is 1250. The number of ketones is 1. The number of piperidine rings is 1. The van der Waals surface area contributed by atoms with E-state index in [0.717, 1.165) is 11.1 Å². The Balaban J connectivity index is 1.61. The second kappa shape index (κ2) is 9.84. The number of hydrogen-bond donors (Lipinski definition) is 0. The Kier molecular flexibility index (Phi) is 6.62. The SMILES string of the molecule is CN1C[C@H]2C(=O)CC(c3ccccc3)C(S(=O)c3ccccc3[N+](=O)[O-])[C@H]2CC1c1ccccc1. The van der Waals surface area contributed by atoms with Crippen LogP contribution in [0.4, 0.5) is 5.69 Å². The molecule has 180 valence electrons. The molecule has 3 aromatic carbocycles. The van der Waals surface area contributed by atoms with Crippen LogP contribution in [0.15, 0.2) is 89.8 Å². The lowest BCUT2D eigenvalue weighted by atomic mass is 9.66. The van der Waals surface area contributed by atoms with Gasteiger partial charge < -0.3 is 0 Å². The van der Waals surface area contributed by atoms with E-state index in [1.807, 2.05) is 55.6 Å². The molecule has 1 aliphatic heterocycles. The highest BCUT2D eigenvalue weighted by molar-refractivity contribution is 7.86. The first kappa shape index (κ1) is 23.6. The van der Waals surface area contributed by atoms with Crippen molar-refractivity contribution in [2.75, 3.05) is 13.6 Å². The summed E-state index contributed by atoms with van der Waals surface area (Å²) in [6.07, 6.45) is 0.976. The van der Waals surface area contributed by atoms with Gasteiger partial charge in [-0.05, 0) is 36.6 Å². The molecule has 1 heterocycles. The molecule has 1 aliphatic carbocycles. The lowest BCUT2D eigenvalue weighted by Gasteiger charge is -2.49. The monoisotopic (exact) mass is 488 g/mol. The van der Waals surface area contributed by atoms with Gasteiger partial charge in [-0.1, -0.05) is 72.8 Å². The van der Waals surface area contributed by atoms with E-state index in [1.54, 1.807) is 18.2 Å². The van der Waals surface area contributed by atoms with Crippen molar-refractivity contribution < 1.29 is 13.9 Å². The van der Waals surface area contributed by atoms with Crippen LogP contribution >= 0.6 is 0 Å². The van der Waals surface area contributed by atoms with E-state index >= 15 is 0 Å². The molecular weight excluding hydrogens is 460 g/mol. The van der Waals surface area contributed by atoms with E-state index in [0.29, 0.717) is 19.4 Å². The van der Waals surface area contributed by atoms with Gasteiger partial charge in [0.15, 0.2) is 0 Å². The van der Waals surface area contributed by atoms with E-state index in [4.69, 9.17) is 0 Å². The molecule has 0 amide bonds. The van der Waals surface area contributed by atoms with Crippen LogP contribution in [0.2, 0.25) is 0 Å². The number of benzene rings is 3. The number of carbonyl (C=O) groups is 1. The van der Waals surface area contributed by atoms with Gasteiger partial charge in [0, 0.05) is 36.9 Å². The van der Waals surface area contributed by atoms with Crippen LogP contribution in [-0.4, -0.2) is 38.7 Å². The number of Topliss-reactive ketones (excluding diaryl/α,β-unsaturated/α-hetero) is 1. The highest BCUT2D eigenvalue weighted by Gasteiger charge is 2.51. The average Bonchev–Trinajstić information content (AvgIpc) is 2.89. The van der Waals surface area contributed by atoms with Crippen LogP contribution in [0, 0.1) is 22.0 Å². The van der Waals surface area contributed by atoms with Crippen molar-refractivity contribution in [3.05, 3.63) is 106 Å². The van der Waals surface area contributed by atoms with Crippen LogP contribution in [0.25, 0.3) is 0 Å². The van der Waals surface area contributed by atoms with E-state index in [2.05, 4.69) is 17.0 Å². The first-order valence-corrected chi connectivity index (χ1v) is 13.1. The molecule has 0 aromatic heterocycles. The van der Waals surface area contributed by atoms with Crippen molar-refractivity contribution in [3.8, 4) is 0 Å². The van der Waals surface area contributed by atoms with Gasteiger partial charge in [-0.2, -0.15) is 0 Å². The molecule has 6 nitrogen and oxygen atoms in total. The fourth-order valence-electron chi connectivity index (χ4n) is 5.97. The number of fused-ring (bicyclic) bond motifs is 1. The van der Waals surface area contributed by atoms with Crippen molar-refractivity contribution in [1.29, 1.82) is 0 Å². The minimum absolute atomic E-state index is 0.0880. The van der Waals surface area contributed by atoms with Crippen LogP contribution in [0.3, 0.4) is 0 Å². The third kappa shape index (κ3) is 4.46. The summed E-state index contributed by atoms with van der Waals surface area (Å²) >= 11 is 0. The first-order valence-electron chi connectivity index (χ1n) is 11.9. The topological polar surface area (TPSA) is 80.5 Å². The Morgan fingerprint density at radius 3 is 2.14 bits per heavy atom. The highest BCUT2D eigenvalue weighted by Crippen LogP contribution is 2.49. The number of likely N-dealkylation sites (tertiary alicyclic amines) is 1. The minimum Gasteiger partial charge on any atom is -0.299 e. The number of carbonyl (C=O) groups excluding carboxylic acids is 1. The summed E-state index contributed by atoms with van der Waals surface area (Å²) in [7, 11) is 0.379. The Morgan fingerprint density at radius 1 is 0.886 bits per heavy atom. The van der Waals surface area contributed by atoms with Crippen molar-refractivity contribution in [2.24, 2.45) is 11.8 Å². The number of rotatable bonds is 5. The number of hydrogen-bond acceptors (Lipinski definition) is 5. The molecule has 1 saturated carbocycles. The van der Waals surface area contributed by atoms with Gasteiger partial charge in [0.05, 0.1) is 21.0 Å². The molecule has 0 spiro atoms. The lowest BCUT2D eigenvalue weighted by Crippen LogP contribution is -2.53. The zero-order valence-corrected chi connectivity index (χ0v) is 20.3. The molecule has 35 heavy (non-hydrogen) atoms. The third-order valence-corrected chi connectivity index (χ3v) is 9.57. The molecule has 0 bridgehead atoms. The summed E-state index contributed by atoms with van der Waals surface area (Å²) in [5.74, 6) is -0.455. The van der Waals surface area contributed by atoms with E-state index in [9.17, 15) is 19.1 Å². The molecule has 5 rings (SSSR count). The van der Waals surface area contributed by atoms with Gasteiger partial charge in [-0.15, -0.1) is 0 Å². The number of para-hydroxylation sites is 1. The summed E-state index contributed by atoms with van der Waals surface area (Å²) in [5.41, 5.74) is 2.00. The summed E-state index contributed by atoms with van der Waals surface area (Å²) in [5, 5.41) is 11.4. The average molecular weight is 489 g/mol. The molecule has 0 radical (unpaired) electrons. The quantitative estimate of drug-likeness (QED) is 0.367. The maximum absolute atomic E-state index is 14.3. The predicted molar refractivity (Wildman–Crippen MR) is 136 cm³/mol. The zero-order chi connectivity index (χ0) is 24.5. The number of nitrogens with zero attached hydrogens (tertiary/aromatic N) is 2. The molecule has 1 saturated heterocycles. The van der Waals surface area contributed by atoms with Crippen molar-refractivity contribution in [1.82, 2.24) is 4.90 Å². The van der Waals surface area contributed by atoms with E-state index in [1.165, 1.54) is 6.07 Å². The molecule has 2 aliphatic rings. The summed E-state index contributed by atoms with van der Waals surface area (Å²) in [6.45, 7) is 0.592. The molecule has 3 aromatic rings. The predicted octanol–water partition coefficient (Wildman–Crippen LogP) is 5.14. The molecule has 4 unspecified atom stereocenters. The maximum Gasteiger partial charge on any atom is 0.285 e. The van der Waals surface area contributed by atoms with Gasteiger partial charge in [0.1, 0.15) is 10.7 Å². The van der Waals surface area contributed by atoms with Gasteiger partial charge in [-0.25, -0.2) is 0 Å². The molecular formula is C28H28N2O4S. The third-order valence-electron chi connectivity index (χ3n) is 7.62. The lowest BCUT2D eigenvalue weighted by molar-refractivity contribution is -0.387. The first-order chi connectivity index (χ1) is 17.0. The fraction of sp³-hybridized carbons (Fsp3) is 0.321. The van der Waals surface area contributed by atoms with Crippen LogP contribution in [0.5, 0.6) is 0 Å².